The number of nitrogens with one attached hydrogen (secondary N) is 1. The monoisotopic (exact) mass is 113 g/mol. The Morgan fingerprint density at radius 3 is 2.50 bits per heavy atom. The summed E-state index contributed by atoms with van der Waals surface area (Å²) in [5.74, 6) is 0.604. The second-order valence-corrected chi connectivity index (χ2v) is 1.21. The largest absolute Gasteiger partial charge is 0.358 e. The number of hydrogen-bond donors (Lipinski definition) is 1. The van der Waals surface area contributed by atoms with Crippen LogP contribution in [0.15, 0.2) is 9.98 Å². The molecule has 0 aliphatic rings. The van der Waals surface area contributed by atoms with E-state index in [9.17, 15) is 0 Å². The van der Waals surface area contributed by atoms with E-state index in [-0.39, 0.29) is 0 Å². The van der Waals surface area contributed by atoms with Crippen LogP contribution < -0.4 is 5.32 Å². The minimum atomic E-state index is 0.604. The van der Waals surface area contributed by atoms with Gasteiger partial charge in [0.05, 0.1) is 0 Å². The topological polar surface area (TPSA) is 36.8 Å². The maximum absolute atomic E-state index is 3.94. The molecule has 0 heterocycles. The standard InChI is InChI=1S/C5H11N3/c1-4-8-5(6-2)7-3/h2,4H2,1,3H3,(H,7,8). The average Bonchev–Trinajstić information content (AvgIpc) is 1.83. The van der Waals surface area contributed by atoms with Gasteiger partial charge in [0.15, 0.2) is 0 Å². The minimum absolute atomic E-state index is 0.604. The van der Waals surface area contributed by atoms with Gasteiger partial charge in [-0.05, 0) is 13.6 Å². The van der Waals surface area contributed by atoms with Crippen molar-refractivity contribution in [1.29, 1.82) is 0 Å². The number of hydrogen-bond acceptors (Lipinski definition) is 1. The minimum Gasteiger partial charge on any atom is -0.358 e. The molecule has 0 rings (SSSR count). The van der Waals surface area contributed by atoms with Crippen molar-refractivity contribution >= 4 is 12.7 Å². The Bertz CT molecular complexity index is 95.8. The Morgan fingerprint density at radius 2 is 2.38 bits per heavy atom. The summed E-state index contributed by atoms with van der Waals surface area (Å²) in [6.07, 6.45) is 0. The van der Waals surface area contributed by atoms with Crippen molar-refractivity contribution in [2.24, 2.45) is 9.98 Å². The summed E-state index contributed by atoms with van der Waals surface area (Å²) < 4.78 is 0. The lowest BCUT2D eigenvalue weighted by molar-refractivity contribution is 1.05. The first-order valence-electron chi connectivity index (χ1n) is 2.54. The van der Waals surface area contributed by atoms with Gasteiger partial charge in [-0.2, -0.15) is 0 Å². The SMILES string of the molecule is C=N/C(=N\CC)NC. The molecule has 8 heavy (non-hydrogen) atoms. The molecule has 0 unspecified atom stereocenters. The summed E-state index contributed by atoms with van der Waals surface area (Å²) in [5, 5.41) is 2.77. The van der Waals surface area contributed by atoms with Gasteiger partial charge < -0.3 is 5.32 Å². The first kappa shape index (κ1) is 7.14. The average molecular weight is 113 g/mol. The van der Waals surface area contributed by atoms with Crippen LogP contribution in [-0.4, -0.2) is 26.3 Å². The van der Waals surface area contributed by atoms with Crippen molar-refractivity contribution in [1.82, 2.24) is 5.32 Å². The second-order valence-electron chi connectivity index (χ2n) is 1.21. The first-order chi connectivity index (χ1) is 3.85. The van der Waals surface area contributed by atoms with Crippen LogP contribution in [0.2, 0.25) is 0 Å². The Hall–Kier alpha value is -0.860. The normalized spacial score (nSPS) is 11.0. The summed E-state index contributed by atoms with van der Waals surface area (Å²) in [7, 11) is 1.77. The molecule has 0 aromatic rings. The highest BCUT2D eigenvalue weighted by molar-refractivity contribution is 5.83. The third-order valence-electron chi connectivity index (χ3n) is 0.681. The fraction of sp³-hybridized carbons (Fsp3) is 0.600. The molecular formula is C5H11N3. The molecule has 0 aliphatic heterocycles. The molecule has 1 N–H and O–H groups in total. The molecule has 0 bridgehead atoms. The van der Waals surface area contributed by atoms with Crippen molar-refractivity contribution < 1.29 is 0 Å². The van der Waals surface area contributed by atoms with Gasteiger partial charge in [0.2, 0.25) is 5.96 Å². The predicted octanol–water partition coefficient (Wildman–Crippen LogP) is 0.282. The lowest BCUT2D eigenvalue weighted by atomic mass is 10.8. The number of rotatable bonds is 1. The van der Waals surface area contributed by atoms with Crippen LogP contribution in [-0.2, 0) is 0 Å². The van der Waals surface area contributed by atoms with Crippen molar-refractivity contribution in [2.45, 2.75) is 6.92 Å². The zero-order valence-corrected chi connectivity index (χ0v) is 5.31. The van der Waals surface area contributed by atoms with E-state index in [0.717, 1.165) is 6.54 Å². The molecule has 0 radical (unpaired) electrons. The molecule has 3 nitrogen and oxygen atoms in total. The summed E-state index contributed by atoms with van der Waals surface area (Å²) >= 11 is 0. The fourth-order valence-electron chi connectivity index (χ4n) is 0.358. The Kier molecular flexibility index (Phi) is 3.84. The summed E-state index contributed by atoms with van der Waals surface area (Å²) in [4.78, 5) is 7.52. The number of guanidine groups is 1. The maximum atomic E-state index is 3.94. The fourth-order valence-corrected chi connectivity index (χ4v) is 0.358. The Morgan fingerprint density at radius 1 is 1.75 bits per heavy atom. The highest BCUT2D eigenvalue weighted by atomic mass is 15.1. The molecule has 0 atom stereocenters. The number of aliphatic imine (C=N–C) groups is 2. The molecule has 0 aliphatic carbocycles. The van der Waals surface area contributed by atoms with Gasteiger partial charge >= 0.3 is 0 Å². The van der Waals surface area contributed by atoms with Crippen molar-refractivity contribution in [3.8, 4) is 0 Å². The molecule has 0 amide bonds. The highest BCUT2D eigenvalue weighted by Gasteiger charge is 1.81. The van der Waals surface area contributed by atoms with Crippen LogP contribution in [0.4, 0.5) is 0 Å². The van der Waals surface area contributed by atoms with Gasteiger partial charge in [0.1, 0.15) is 0 Å². The van der Waals surface area contributed by atoms with Gasteiger partial charge in [-0.1, -0.05) is 0 Å². The van der Waals surface area contributed by atoms with Gasteiger partial charge in [0.25, 0.3) is 0 Å². The smallest absolute Gasteiger partial charge is 0.217 e. The van der Waals surface area contributed by atoms with Crippen molar-refractivity contribution in [3.05, 3.63) is 0 Å². The van der Waals surface area contributed by atoms with Crippen LogP contribution in [0.25, 0.3) is 0 Å². The molecule has 46 valence electrons. The van der Waals surface area contributed by atoms with Gasteiger partial charge in [-0.15, -0.1) is 0 Å². The quantitative estimate of drug-likeness (QED) is 0.385. The maximum Gasteiger partial charge on any atom is 0.217 e. The number of nitrogens with zero attached hydrogens (tertiary/aromatic N) is 2. The van der Waals surface area contributed by atoms with E-state index in [1.807, 2.05) is 6.92 Å². The van der Waals surface area contributed by atoms with Gasteiger partial charge in [-0.25, -0.2) is 4.99 Å². The first-order valence-corrected chi connectivity index (χ1v) is 2.54. The lowest BCUT2D eigenvalue weighted by Crippen LogP contribution is -2.15. The van der Waals surface area contributed by atoms with Crippen LogP contribution in [0, 0.1) is 0 Å². The molecule has 0 saturated carbocycles. The molecule has 0 fully saturated rings. The zero-order valence-electron chi connectivity index (χ0n) is 5.31. The zero-order chi connectivity index (χ0) is 6.41. The summed E-state index contributed by atoms with van der Waals surface area (Å²) in [5.41, 5.74) is 0. The molecule has 0 spiro atoms. The second kappa shape index (κ2) is 4.30. The van der Waals surface area contributed by atoms with Crippen molar-refractivity contribution in [3.63, 3.8) is 0 Å². The molecule has 3 heteroatoms. The molecule has 0 aromatic heterocycles. The van der Waals surface area contributed by atoms with Crippen LogP contribution in [0.3, 0.4) is 0 Å². The van der Waals surface area contributed by atoms with Gasteiger partial charge in [-0.3, -0.25) is 4.99 Å². The summed E-state index contributed by atoms with van der Waals surface area (Å²) in [6.45, 7) is 6.00. The van der Waals surface area contributed by atoms with E-state index in [0.29, 0.717) is 5.96 Å². The molecule has 0 aromatic carbocycles. The Balaban J connectivity index is 3.66. The Labute approximate surface area is 49.5 Å². The predicted molar refractivity (Wildman–Crippen MR) is 36.6 cm³/mol. The van der Waals surface area contributed by atoms with E-state index in [2.05, 4.69) is 22.0 Å². The van der Waals surface area contributed by atoms with E-state index < -0.39 is 0 Å². The summed E-state index contributed by atoms with van der Waals surface area (Å²) in [6, 6.07) is 0. The van der Waals surface area contributed by atoms with Crippen LogP contribution in [0.1, 0.15) is 6.92 Å². The van der Waals surface area contributed by atoms with E-state index in [1.54, 1.807) is 7.05 Å². The third kappa shape index (κ3) is 2.34. The van der Waals surface area contributed by atoms with Crippen LogP contribution in [0.5, 0.6) is 0 Å². The van der Waals surface area contributed by atoms with Gasteiger partial charge in [0, 0.05) is 13.6 Å². The molecular weight excluding hydrogens is 102 g/mol. The van der Waals surface area contributed by atoms with E-state index >= 15 is 0 Å². The van der Waals surface area contributed by atoms with E-state index in [4.69, 9.17) is 0 Å². The molecule has 0 saturated heterocycles. The van der Waals surface area contributed by atoms with E-state index in [1.165, 1.54) is 0 Å². The highest BCUT2D eigenvalue weighted by Crippen LogP contribution is 1.71. The third-order valence-corrected chi connectivity index (χ3v) is 0.681. The van der Waals surface area contributed by atoms with Crippen LogP contribution >= 0.6 is 0 Å². The van der Waals surface area contributed by atoms with Crippen molar-refractivity contribution in [2.75, 3.05) is 13.6 Å². The lowest BCUT2D eigenvalue weighted by Gasteiger charge is -1.93.